The van der Waals surface area contributed by atoms with Gasteiger partial charge in [0.15, 0.2) is 5.82 Å². The molecule has 9 heteroatoms. The predicted molar refractivity (Wildman–Crippen MR) is 101 cm³/mol. The van der Waals surface area contributed by atoms with Crippen molar-refractivity contribution >= 4 is 11.8 Å². The molecule has 4 heterocycles. The lowest BCUT2D eigenvalue weighted by Crippen LogP contribution is -2.41. The molecule has 0 unspecified atom stereocenters. The summed E-state index contributed by atoms with van der Waals surface area (Å²) in [6.07, 6.45) is 2.81. The smallest absolute Gasteiger partial charge is 0.287 e. The van der Waals surface area contributed by atoms with Crippen LogP contribution in [0.25, 0.3) is 0 Å². The second-order valence-electron chi connectivity index (χ2n) is 7.45. The van der Waals surface area contributed by atoms with Gasteiger partial charge >= 0.3 is 0 Å². The molecule has 1 aromatic heterocycles. The van der Waals surface area contributed by atoms with Crippen molar-refractivity contribution in [3.63, 3.8) is 0 Å². The van der Waals surface area contributed by atoms with Crippen molar-refractivity contribution in [1.82, 2.24) is 24.7 Å². The fourth-order valence-corrected chi connectivity index (χ4v) is 4.04. The minimum Gasteiger partial charge on any atom is -0.379 e. The van der Waals surface area contributed by atoms with E-state index in [-0.39, 0.29) is 11.8 Å². The Morgan fingerprint density at radius 1 is 0.964 bits per heavy atom. The van der Waals surface area contributed by atoms with Gasteiger partial charge in [0.25, 0.3) is 11.8 Å². The minimum absolute atomic E-state index is 0.0821. The van der Waals surface area contributed by atoms with Crippen molar-refractivity contribution in [3.8, 4) is 0 Å². The fourth-order valence-electron chi connectivity index (χ4n) is 4.04. The Labute approximate surface area is 165 Å². The van der Waals surface area contributed by atoms with E-state index in [0.717, 1.165) is 64.3 Å². The van der Waals surface area contributed by atoms with Gasteiger partial charge in [0.2, 0.25) is 0 Å². The van der Waals surface area contributed by atoms with Crippen LogP contribution >= 0.6 is 0 Å². The van der Waals surface area contributed by atoms with Gasteiger partial charge < -0.3 is 24.3 Å². The van der Waals surface area contributed by atoms with Crippen LogP contribution in [0.3, 0.4) is 0 Å². The van der Waals surface area contributed by atoms with E-state index in [1.807, 2.05) is 4.57 Å². The summed E-state index contributed by atoms with van der Waals surface area (Å²) in [5, 5.41) is 2.98. The maximum absolute atomic E-state index is 13.0. The fraction of sp³-hybridized carbons (Fsp3) is 0.737. The third kappa shape index (κ3) is 4.21. The average molecular weight is 391 g/mol. The van der Waals surface area contributed by atoms with Crippen LogP contribution in [0.2, 0.25) is 0 Å². The Morgan fingerprint density at radius 3 is 2.43 bits per heavy atom. The normalized spacial score (nSPS) is 20.6. The quantitative estimate of drug-likeness (QED) is 0.745. The highest BCUT2D eigenvalue weighted by Gasteiger charge is 2.30. The summed E-state index contributed by atoms with van der Waals surface area (Å²) in [6, 6.07) is 0. The van der Waals surface area contributed by atoms with Crippen LogP contribution in [0, 0.1) is 0 Å². The Bertz CT molecular complexity index is 707. The SMILES string of the molecule is O=C(NCCN1CCOCC1)c1nc(C(=O)N2CCOCC2)c2n1CCCC2. The molecule has 2 amide bonds. The van der Waals surface area contributed by atoms with E-state index in [0.29, 0.717) is 44.4 Å². The predicted octanol–water partition coefficient (Wildman–Crippen LogP) is -0.246. The highest BCUT2D eigenvalue weighted by atomic mass is 16.5. The first kappa shape index (κ1) is 19.4. The van der Waals surface area contributed by atoms with Crippen LogP contribution in [-0.2, 0) is 22.4 Å². The number of rotatable bonds is 5. The molecule has 28 heavy (non-hydrogen) atoms. The Morgan fingerprint density at radius 2 is 1.68 bits per heavy atom. The molecular weight excluding hydrogens is 362 g/mol. The number of imidazole rings is 1. The number of nitrogens with zero attached hydrogens (tertiary/aromatic N) is 4. The van der Waals surface area contributed by atoms with Crippen molar-refractivity contribution < 1.29 is 19.1 Å². The van der Waals surface area contributed by atoms with Crippen LogP contribution in [0.4, 0.5) is 0 Å². The zero-order valence-electron chi connectivity index (χ0n) is 16.3. The molecule has 0 spiro atoms. The summed E-state index contributed by atoms with van der Waals surface area (Å²) in [7, 11) is 0. The van der Waals surface area contributed by atoms with Gasteiger partial charge in [-0.2, -0.15) is 0 Å². The molecule has 4 rings (SSSR count). The molecule has 3 aliphatic rings. The first-order chi connectivity index (χ1) is 13.7. The molecule has 2 fully saturated rings. The zero-order chi connectivity index (χ0) is 19.3. The van der Waals surface area contributed by atoms with Crippen LogP contribution in [0.1, 0.15) is 39.6 Å². The number of aromatic nitrogens is 2. The van der Waals surface area contributed by atoms with Gasteiger partial charge in [-0.1, -0.05) is 0 Å². The van der Waals surface area contributed by atoms with Crippen molar-refractivity contribution in [2.24, 2.45) is 0 Å². The van der Waals surface area contributed by atoms with Gasteiger partial charge in [0, 0.05) is 45.8 Å². The lowest BCUT2D eigenvalue weighted by atomic mass is 10.1. The molecule has 0 atom stereocenters. The molecule has 3 aliphatic heterocycles. The largest absolute Gasteiger partial charge is 0.379 e. The first-order valence-electron chi connectivity index (χ1n) is 10.3. The molecular formula is C19H29N5O4. The molecule has 9 nitrogen and oxygen atoms in total. The third-order valence-corrected chi connectivity index (χ3v) is 5.64. The van der Waals surface area contributed by atoms with E-state index >= 15 is 0 Å². The maximum Gasteiger partial charge on any atom is 0.287 e. The van der Waals surface area contributed by atoms with Crippen LogP contribution in [0.5, 0.6) is 0 Å². The molecule has 0 bridgehead atoms. The van der Waals surface area contributed by atoms with E-state index in [4.69, 9.17) is 9.47 Å². The van der Waals surface area contributed by atoms with Crippen LogP contribution in [-0.4, -0.2) is 96.9 Å². The number of nitrogens with one attached hydrogen (secondary N) is 1. The number of carbonyl (C=O) groups excluding carboxylic acids is 2. The summed E-state index contributed by atoms with van der Waals surface area (Å²) in [6.45, 7) is 7.63. The Balaban J connectivity index is 1.44. The second-order valence-corrected chi connectivity index (χ2v) is 7.45. The molecule has 0 aliphatic carbocycles. The summed E-state index contributed by atoms with van der Waals surface area (Å²) in [5.41, 5.74) is 1.35. The number of hydrogen-bond acceptors (Lipinski definition) is 6. The van der Waals surface area contributed by atoms with E-state index in [9.17, 15) is 9.59 Å². The number of amides is 2. The summed E-state index contributed by atoms with van der Waals surface area (Å²) >= 11 is 0. The molecule has 1 aromatic rings. The van der Waals surface area contributed by atoms with Crippen LogP contribution in [0.15, 0.2) is 0 Å². The summed E-state index contributed by atoms with van der Waals surface area (Å²) < 4.78 is 12.6. The average Bonchev–Trinajstić information content (AvgIpc) is 3.14. The highest BCUT2D eigenvalue weighted by molar-refractivity contribution is 5.97. The van der Waals surface area contributed by atoms with Gasteiger partial charge in [0.1, 0.15) is 5.69 Å². The lowest BCUT2D eigenvalue weighted by Gasteiger charge is -2.26. The summed E-state index contributed by atoms with van der Waals surface area (Å²) in [5.74, 6) is 0.0899. The van der Waals surface area contributed by atoms with Crippen molar-refractivity contribution in [2.75, 3.05) is 65.7 Å². The van der Waals surface area contributed by atoms with Crippen molar-refractivity contribution in [2.45, 2.75) is 25.8 Å². The van der Waals surface area contributed by atoms with E-state index < -0.39 is 0 Å². The topological polar surface area (TPSA) is 88.9 Å². The number of carbonyl (C=O) groups is 2. The summed E-state index contributed by atoms with van der Waals surface area (Å²) in [4.78, 5) is 34.3. The second kappa shape index (κ2) is 9.02. The molecule has 1 N–H and O–H groups in total. The van der Waals surface area contributed by atoms with Crippen molar-refractivity contribution in [3.05, 3.63) is 17.2 Å². The van der Waals surface area contributed by atoms with E-state index in [2.05, 4.69) is 15.2 Å². The molecule has 154 valence electrons. The molecule has 2 saturated heterocycles. The van der Waals surface area contributed by atoms with Gasteiger partial charge in [-0.15, -0.1) is 0 Å². The van der Waals surface area contributed by atoms with Gasteiger partial charge in [-0.25, -0.2) is 4.98 Å². The molecule has 0 radical (unpaired) electrons. The zero-order valence-corrected chi connectivity index (χ0v) is 16.3. The monoisotopic (exact) mass is 391 g/mol. The lowest BCUT2D eigenvalue weighted by molar-refractivity contribution is 0.0298. The van der Waals surface area contributed by atoms with Crippen molar-refractivity contribution in [1.29, 1.82) is 0 Å². The maximum atomic E-state index is 13.0. The highest BCUT2D eigenvalue weighted by Crippen LogP contribution is 2.22. The van der Waals surface area contributed by atoms with E-state index in [1.165, 1.54) is 0 Å². The number of hydrogen-bond donors (Lipinski definition) is 1. The molecule has 0 aromatic carbocycles. The first-order valence-corrected chi connectivity index (χ1v) is 10.3. The number of ether oxygens (including phenoxy) is 2. The van der Waals surface area contributed by atoms with Gasteiger partial charge in [-0.05, 0) is 19.3 Å². The third-order valence-electron chi connectivity index (χ3n) is 5.64. The van der Waals surface area contributed by atoms with E-state index in [1.54, 1.807) is 4.90 Å². The minimum atomic E-state index is -0.197. The van der Waals surface area contributed by atoms with Gasteiger partial charge in [-0.3, -0.25) is 14.5 Å². The standard InChI is InChI=1S/C19H29N5O4/c25-18(20-4-6-22-7-11-27-12-8-22)17-21-16(15-3-1-2-5-24(15)17)19(26)23-9-13-28-14-10-23/h1-14H2,(H,20,25). The molecule has 0 saturated carbocycles. The van der Waals surface area contributed by atoms with Gasteiger partial charge in [0.05, 0.1) is 32.1 Å². The number of morpholine rings is 2. The number of fused-ring (bicyclic) bond motifs is 1. The Kier molecular flexibility index (Phi) is 6.23. The Hall–Kier alpha value is -1.97. The van der Waals surface area contributed by atoms with Crippen LogP contribution < -0.4 is 5.32 Å².